The van der Waals surface area contributed by atoms with E-state index in [1.165, 1.54) is 0 Å². The summed E-state index contributed by atoms with van der Waals surface area (Å²) in [4.78, 5) is 26.4. The van der Waals surface area contributed by atoms with Gasteiger partial charge in [0.2, 0.25) is 5.91 Å². The lowest BCUT2D eigenvalue weighted by Gasteiger charge is -2.35. The van der Waals surface area contributed by atoms with Gasteiger partial charge < -0.3 is 15.0 Å². The van der Waals surface area contributed by atoms with Crippen LogP contribution in [0.4, 0.5) is 10.5 Å². The number of halogens is 1. The van der Waals surface area contributed by atoms with Gasteiger partial charge >= 0.3 is 6.09 Å². The first-order chi connectivity index (χ1) is 11.3. The maximum absolute atomic E-state index is 12.4. The van der Waals surface area contributed by atoms with Crippen molar-refractivity contribution in [3.05, 3.63) is 28.2 Å². The molecule has 130 valence electrons. The molecule has 5 nitrogen and oxygen atoms in total. The van der Waals surface area contributed by atoms with Gasteiger partial charge in [0.05, 0.1) is 11.6 Å². The molecule has 1 atom stereocenters. The monoisotopic (exact) mass is 394 g/mol. The van der Waals surface area contributed by atoms with Crippen molar-refractivity contribution in [3.63, 3.8) is 0 Å². The topological polar surface area (TPSA) is 58.6 Å². The van der Waals surface area contributed by atoms with Crippen LogP contribution in [0.3, 0.4) is 0 Å². The molecule has 1 aromatic rings. The summed E-state index contributed by atoms with van der Waals surface area (Å²) in [5.74, 6) is 0.185. The van der Waals surface area contributed by atoms with E-state index in [1.807, 2.05) is 39.0 Å². The summed E-state index contributed by atoms with van der Waals surface area (Å²) in [5.41, 5.74) is 1.47. The second-order valence-electron chi connectivity index (χ2n) is 7.48. The molecule has 2 aliphatic rings. The zero-order valence-corrected chi connectivity index (χ0v) is 15.9. The number of nitrogens with zero attached hydrogens (tertiary/aromatic N) is 1. The molecule has 2 heterocycles. The van der Waals surface area contributed by atoms with Crippen molar-refractivity contribution in [2.24, 2.45) is 5.92 Å². The van der Waals surface area contributed by atoms with E-state index in [0.717, 1.165) is 28.6 Å². The Labute approximate surface area is 150 Å². The van der Waals surface area contributed by atoms with Gasteiger partial charge in [0.15, 0.2) is 0 Å². The van der Waals surface area contributed by atoms with E-state index in [9.17, 15) is 9.59 Å². The number of carbonyl (C=O) groups is 2. The van der Waals surface area contributed by atoms with Crippen LogP contribution in [0.1, 0.15) is 45.1 Å². The van der Waals surface area contributed by atoms with E-state index in [-0.39, 0.29) is 23.8 Å². The lowest BCUT2D eigenvalue weighted by molar-refractivity contribution is -0.118. The molecule has 0 aromatic heterocycles. The molecule has 1 fully saturated rings. The Balaban J connectivity index is 1.67. The van der Waals surface area contributed by atoms with E-state index in [4.69, 9.17) is 4.74 Å². The second kappa shape index (κ2) is 6.39. The van der Waals surface area contributed by atoms with Crippen LogP contribution in [0.2, 0.25) is 0 Å². The van der Waals surface area contributed by atoms with Crippen LogP contribution >= 0.6 is 15.9 Å². The van der Waals surface area contributed by atoms with Crippen molar-refractivity contribution < 1.29 is 14.3 Å². The van der Waals surface area contributed by atoms with Crippen molar-refractivity contribution in [2.75, 3.05) is 18.4 Å². The Morgan fingerprint density at radius 3 is 2.58 bits per heavy atom. The number of amides is 2. The number of ether oxygens (including phenoxy) is 1. The Morgan fingerprint density at radius 2 is 1.96 bits per heavy atom. The number of anilines is 1. The highest BCUT2D eigenvalue weighted by atomic mass is 79.9. The first kappa shape index (κ1) is 17.3. The molecule has 0 radical (unpaired) electrons. The number of piperidine rings is 1. The largest absolute Gasteiger partial charge is 0.444 e. The highest BCUT2D eigenvalue weighted by Crippen LogP contribution is 2.44. The van der Waals surface area contributed by atoms with Crippen molar-refractivity contribution in [1.29, 1.82) is 0 Å². The molecule has 2 aliphatic heterocycles. The van der Waals surface area contributed by atoms with E-state index in [2.05, 4.69) is 21.2 Å². The normalized spacial score (nSPS) is 21.4. The molecule has 1 N–H and O–H groups in total. The lowest BCUT2D eigenvalue weighted by atomic mass is 9.81. The molecule has 3 rings (SSSR count). The molecule has 0 aliphatic carbocycles. The molecule has 0 bridgehead atoms. The Hall–Kier alpha value is -1.56. The highest BCUT2D eigenvalue weighted by Gasteiger charge is 2.39. The molecule has 0 spiro atoms. The maximum atomic E-state index is 12.4. The summed E-state index contributed by atoms with van der Waals surface area (Å²) in [7, 11) is 0. The predicted octanol–water partition coefficient (Wildman–Crippen LogP) is 4.13. The number of hydrogen-bond donors (Lipinski definition) is 1. The maximum Gasteiger partial charge on any atom is 0.410 e. The molecular weight excluding hydrogens is 372 g/mol. The molecule has 1 saturated heterocycles. The number of fused-ring (bicyclic) bond motifs is 1. The average molecular weight is 395 g/mol. The summed E-state index contributed by atoms with van der Waals surface area (Å²) in [6.45, 7) is 6.87. The van der Waals surface area contributed by atoms with E-state index < -0.39 is 5.60 Å². The summed E-state index contributed by atoms with van der Waals surface area (Å²) < 4.78 is 6.35. The average Bonchev–Trinajstić information content (AvgIpc) is 2.83. The van der Waals surface area contributed by atoms with E-state index in [1.54, 1.807) is 4.90 Å². The molecule has 0 saturated carbocycles. The van der Waals surface area contributed by atoms with Crippen molar-refractivity contribution in [1.82, 2.24) is 4.90 Å². The minimum Gasteiger partial charge on any atom is -0.444 e. The molecule has 1 unspecified atom stereocenters. The molecule has 1 aromatic carbocycles. The first-order valence-corrected chi connectivity index (χ1v) is 9.13. The third-order valence-electron chi connectivity index (χ3n) is 4.57. The molecule has 2 amide bonds. The number of benzene rings is 1. The van der Waals surface area contributed by atoms with Gasteiger partial charge in [-0.3, -0.25) is 4.79 Å². The second-order valence-corrected chi connectivity index (χ2v) is 8.33. The van der Waals surface area contributed by atoms with Gasteiger partial charge in [-0.15, -0.1) is 0 Å². The number of likely N-dealkylation sites (tertiary alicyclic amines) is 1. The third kappa shape index (κ3) is 3.43. The van der Waals surface area contributed by atoms with Crippen LogP contribution in [-0.4, -0.2) is 35.6 Å². The van der Waals surface area contributed by atoms with Gasteiger partial charge in [0, 0.05) is 17.6 Å². The zero-order chi connectivity index (χ0) is 17.5. The minimum atomic E-state index is -0.482. The van der Waals surface area contributed by atoms with E-state index in [0.29, 0.717) is 13.1 Å². The van der Waals surface area contributed by atoms with Crippen LogP contribution in [0, 0.1) is 5.92 Å². The van der Waals surface area contributed by atoms with Gasteiger partial charge in [0.25, 0.3) is 0 Å². The standard InChI is InChI=1S/C18H23BrN2O3/c1-18(2,3)24-17(23)21-9-7-11(8-10-21)14-12-5-4-6-13(19)15(12)20-16(14)22/h4-6,11,14H,7-10H2,1-3H3,(H,20,22). The van der Waals surface area contributed by atoms with Crippen LogP contribution in [0.5, 0.6) is 0 Å². The van der Waals surface area contributed by atoms with Crippen molar-refractivity contribution in [2.45, 2.75) is 45.1 Å². The summed E-state index contributed by atoms with van der Waals surface area (Å²) >= 11 is 3.50. The third-order valence-corrected chi connectivity index (χ3v) is 5.24. The van der Waals surface area contributed by atoms with Crippen molar-refractivity contribution >= 4 is 33.6 Å². The van der Waals surface area contributed by atoms with Crippen molar-refractivity contribution in [3.8, 4) is 0 Å². The Kier molecular flexibility index (Phi) is 4.60. The summed E-state index contributed by atoms with van der Waals surface area (Å²) in [6.07, 6.45) is 1.35. The molecular formula is C18H23BrN2O3. The minimum absolute atomic E-state index is 0.0626. The number of para-hydroxylation sites is 1. The van der Waals surface area contributed by atoms with Gasteiger partial charge in [-0.2, -0.15) is 0 Å². The SMILES string of the molecule is CC(C)(C)OC(=O)N1CCC(C2C(=O)Nc3c(Br)cccc32)CC1. The fourth-order valence-corrected chi connectivity index (χ4v) is 3.96. The zero-order valence-electron chi connectivity index (χ0n) is 14.3. The number of rotatable bonds is 1. The summed E-state index contributed by atoms with van der Waals surface area (Å²) in [5, 5.41) is 2.99. The lowest BCUT2D eigenvalue weighted by Crippen LogP contribution is -2.43. The quantitative estimate of drug-likeness (QED) is 0.778. The molecule has 6 heteroatoms. The van der Waals surface area contributed by atoms with Gasteiger partial charge in [-0.1, -0.05) is 12.1 Å². The predicted molar refractivity (Wildman–Crippen MR) is 96.0 cm³/mol. The van der Waals surface area contributed by atoms with Gasteiger partial charge in [-0.05, 0) is 67.1 Å². The van der Waals surface area contributed by atoms with Gasteiger partial charge in [-0.25, -0.2) is 4.79 Å². The Morgan fingerprint density at radius 1 is 1.29 bits per heavy atom. The van der Waals surface area contributed by atoms with Crippen LogP contribution < -0.4 is 5.32 Å². The number of nitrogens with one attached hydrogen (secondary N) is 1. The van der Waals surface area contributed by atoms with Crippen LogP contribution in [-0.2, 0) is 9.53 Å². The summed E-state index contributed by atoms with van der Waals surface area (Å²) in [6, 6.07) is 5.92. The number of carbonyl (C=O) groups excluding carboxylic acids is 2. The Bertz CT molecular complexity index is 661. The fraction of sp³-hybridized carbons (Fsp3) is 0.556. The van der Waals surface area contributed by atoms with Gasteiger partial charge in [0.1, 0.15) is 5.60 Å². The number of hydrogen-bond acceptors (Lipinski definition) is 3. The highest BCUT2D eigenvalue weighted by molar-refractivity contribution is 9.10. The van der Waals surface area contributed by atoms with Crippen LogP contribution in [0.25, 0.3) is 0 Å². The first-order valence-electron chi connectivity index (χ1n) is 8.33. The fourth-order valence-electron chi connectivity index (χ4n) is 3.48. The molecule has 24 heavy (non-hydrogen) atoms. The van der Waals surface area contributed by atoms with E-state index >= 15 is 0 Å². The smallest absolute Gasteiger partial charge is 0.410 e. The van der Waals surface area contributed by atoms with Crippen LogP contribution in [0.15, 0.2) is 22.7 Å².